The van der Waals surface area contributed by atoms with Crippen LogP contribution in [0.25, 0.3) is 0 Å². The Morgan fingerprint density at radius 1 is 0.824 bits per heavy atom. The molecule has 0 N–H and O–H groups in total. The highest BCUT2D eigenvalue weighted by Gasteiger charge is 2.01. The first-order valence-electron chi connectivity index (χ1n) is 4.71. The van der Waals surface area contributed by atoms with Crippen LogP contribution in [0, 0.1) is 0 Å². The number of hydrogen-bond donors (Lipinski definition) is 0. The molecule has 0 fully saturated rings. The minimum Gasteiger partial charge on any atom is -0.527 e. The zero-order valence-corrected chi connectivity index (χ0v) is 10.1. The lowest BCUT2D eigenvalue weighted by Crippen LogP contribution is -2.11. The highest BCUT2D eigenvalue weighted by molar-refractivity contribution is 6.31. The first kappa shape index (κ1) is 12.0. The smallest absolute Gasteiger partial charge is 0.527 e. The molecule has 0 aromatic carbocycles. The second-order valence-corrected chi connectivity index (χ2v) is 3.96. The van der Waals surface area contributed by atoms with E-state index < -0.39 is 0 Å². The van der Waals surface area contributed by atoms with Gasteiger partial charge in [-0.3, -0.25) is 9.97 Å². The molecule has 0 spiro atoms. The molecule has 0 bridgehead atoms. The van der Waals surface area contributed by atoms with Crippen molar-refractivity contribution in [2.24, 2.45) is 0 Å². The molecule has 0 atom stereocenters. The van der Waals surface area contributed by atoms with Gasteiger partial charge in [-0.05, 0) is 0 Å². The number of aromatic nitrogens is 2. The molecule has 0 amide bonds. The normalized spacial score (nSPS) is 9.76. The van der Waals surface area contributed by atoms with E-state index in [4.69, 9.17) is 32.5 Å². The standard InChI is InChI=1S/C10H7BCl2N2O2/c12-7-1-9(5-14-3-7)16-11-17-10-2-8(13)4-15-6-10/h1-6,11H. The van der Waals surface area contributed by atoms with Crippen LogP contribution >= 0.6 is 23.2 Å². The van der Waals surface area contributed by atoms with E-state index in [1.165, 1.54) is 12.4 Å². The van der Waals surface area contributed by atoms with E-state index in [2.05, 4.69) is 9.97 Å². The van der Waals surface area contributed by atoms with Gasteiger partial charge in [0, 0.05) is 24.5 Å². The van der Waals surface area contributed by atoms with Crippen molar-refractivity contribution >= 4 is 30.9 Å². The van der Waals surface area contributed by atoms with Crippen molar-refractivity contribution in [3.8, 4) is 11.5 Å². The van der Waals surface area contributed by atoms with E-state index in [9.17, 15) is 0 Å². The lowest BCUT2D eigenvalue weighted by molar-refractivity contribution is 0.456. The second kappa shape index (κ2) is 5.75. The summed E-state index contributed by atoms with van der Waals surface area (Å²) < 4.78 is 10.6. The Hall–Kier alpha value is -1.46. The van der Waals surface area contributed by atoms with Gasteiger partial charge in [0.25, 0.3) is 0 Å². The Labute approximate surface area is 109 Å². The van der Waals surface area contributed by atoms with Crippen LogP contribution in [0.1, 0.15) is 0 Å². The predicted octanol–water partition coefficient (Wildman–Crippen LogP) is 2.51. The third-order valence-electron chi connectivity index (χ3n) is 1.81. The Kier molecular flexibility index (Phi) is 4.06. The molecule has 86 valence electrons. The van der Waals surface area contributed by atoms with Gasteiger partial charge in [0.15, 0.2) is 0 Å². The minimum atomic E-state index is 0.0318. The summed E-state index contributed by atoms with van der Waals surface area (Å²) in [6, 6.07) is 3.29. The molecule has 7 heteroatoms. The van der Waals surface area contributed by atoms with Gasteiger partial charge in [0.2, 0.25) is 0 Å². The van der Waals surface area contributed by atoms with Crippen molar-refractivity contribution in [1.82, 2.24) is 9.97 Å². The zero-order valence-electron chi connectivity index (χ0n) is 8.64. The fraction of sp³-hybridized carbons (Fsp3) is 0. The summed E-state index contributed by atoms with van der Waals surface area (Å²) >= 11 is 11.5. The molecule has 2 aromatic rings. The van der Waals surface area contributed by atoms with Gasteiger partial charge in [-0.1, -0.05) is 23.2 Å². The highest BCUT2D eigenvalue weighted by atomic mass is 35.5. The van der Waals surface area contributed by atoms with Gasteiger partial charge >= 0.3 is 7.69 Å². The molecule has 2 rings (SSSR count). The molecule has 17 heavy (non-hydrogen) atoms. The Bertz CT molecular complexity index is 468. The average molecular weight is 269 g/mol. The van der Waals surface area contributed by atoms with Gasteiger partial charge in [0.05, 0.1) is 22.4 Å². The molecule has 0 radical (unpaired) electrons. The molecule has 0 unspecified atom stereocenters. The molecule has 2 aromatic heterocycles. The third kappa shape index (κ3) is 3.80. The summed E-state index contributed by atoms with van der Waals surface area (Å²) in [5.74, 6) is 1.07. The quantitative estimate of drug-likeness (QED) is 0.800. The second-order valence-electron chi connectivity index (χ2n) is 3.08. The first-order chi connectivity index (χ1) is 8.24. The van der Waals surface area contributed by atoms with E-state index >= 15 is 0 Å². The molecular weight excluding hydrogens is 262 g/mol. The van der Waals surface area contributed by atoms with Crippen molar-refractivity contribution in [3.63, 3.8) is 0 Å². The van der Waals surface area contributed by atoms with Gasteiger partial charge in [-0.15, -0.1) is 0 Å². The summed E-state index contributed by atoms with van der Waals surface area (Å²) in [6.45, 7) is 0. The average Bonchev–Trinajstić information content (AvgIpc) is 2.29. The SMILES string of the molecule is Clc1cncc(OBOc2cncc(Cl)c2)c1. The van der Waals surface area contributed by atoms with Crippen molar-refractivity contribution in [2.45, 2.75) is 0 Å². The van der Waals surface area contributed by atoms with E-state index in [1.54, 1.807) is 24.5 Å². The van der Waals surface area contributed by atoms with E-state index in [-0.39, 0.29) is 7.69 Å². The zero-order chi connectivity index (χ0) is 12.1. The molecule has 0 saturated heterocycles. The number of halogens is 2. The lowest BCUT2D eigenvalue weighted by atomic mass is 10.3. The highest BCUT2D eigenvalue weighted by Crippen LogP contribution is 2.16. The topological polar surface area (TPSA) is 44.2 Å². The van der Waals surface area contributed by atoms with Gasteiger partial charge in [-0.2, -0.15) is 0 Å². The number of pyridine rings is 2. The number of nitrogens with zero attached hydrogens (tertiary/aromatic N) is 2. The fourth-order valence-electron chi connectivity index (χ4n) is 1.11. The summed E-state index contributed by atoms with van der Waals surface area (Å²) in [5, 5.41) is 1.01. The number of hydrogen-bond acceptors (Lipinski definition) is 4. The van der Waals surface area contributed by atoms with Crippen LogP contribution in [0.5, 0.6) is 11.5 Å². The fourth-order valence-corrected chi connectivity index (χ4v) is 1.44. The van der Waals surface area contributed by atoms with Crippen LogP contribution in [0.2, 0.25) is 10.0 Å². The molecular formula is C10H7BCl2N2O2. The lowest BCUT2D eigenvalue weighted by Gasteiger charge is -2.06. The predicted molar refractivity (Wildman–Crippen MR) is 66.9 cm³/mol. The van der Waals surface area contributed by atoms with Gasteiger partial charge < -0.3 is 9.31 Å². The molecule has 2 heterocycles. The Balaban J connectivity index is 1.87. The third-order valence-corrected chi connectivity index (χ3v) is 2.22. The summed E-state index contributed by atoms with van der Waals surface area (Å²) in [6.07, 6.45) is 6.14. The van der Waals surface area contributed by atoms with Gasteiger partial charge in [0.1, 0.15) is 11.5 Å². The van der Waals surface area contributed by atoms with Crippen molar-refractivity contribution < 1.29 is 9.31 Å². The molecule has 0 aliphatic rings. The van der Waals surface area contributed by atoms with Crippen molar-refractivity contribution in [1.29, 1.82) is 0 Å². The maximum Gasteiger partial charge on any atom is 0.576 e. The molecule has 0 aliphatic heterocycles. The first-order valence-corrected chi connectivity index (χ1v) is 5.46. The summed E-state index contributed by atoms with van der Waals surface area (Å²) in [7, 11) is 0.0318. The largest absolute Gasteiger partial charge is 0.576 e. The Morgan fingerprint density at radius 2 is 1.29 bits per heavy atom. The van der Waals surface area contributed by atoms with Crippen LogP contribution < -0.4 is 9.31 Å². The van der Waals surface area contributed by atoms with Crippen LogP contribution in [0.4, 0.5) is 0 Å². The van der Waals surface area contributed by atoms with Crippen LogP contribution in [-0.4, -0.2) is 17.7 Å². The maximum absolute atomic E-state index is 5.75. The number of rotatable bonds is 4. The van der Waals surface area contributed by atoms with Crippen LogP contribution in [0.3, 0.4) is 0 Å². The van der Waals surface area contributed by atoms with Gasteiger partial charge in [-0.25, -0.2) is 0 Å². The molecule has 0 saturated carbocycles. The molecule has 0 aliphatic carbocycles. The summed E-state index contributed by atoms with van der Waals surface area (Å²) in [4.78, 5) is 7.76. The summed E-state index contributed by atoms with van der Waals surface area (Å²) in [5.41, 5.74) is 0. The van der Waals surface area contributed by atoms with Crippen molar-refractivity contribution in [2.75, 3.05) is 0 Å². The van der Waals surface area contributed by atoms with E-state index in [0.29, 0.717) is 21.5 Å². The van der Waals surface area contributed by atoms with E-state index in [0.717, 1.165) is 0 Å². The minimum absolute atomic E-state index is 0.0318. The Morgan fingerprint density at radius 3 is 1.71 bits per heavy atom. The monoisotopic (exact) mass is 268 g/mol. The maximum atomic E-state index is 5.75. The van der Waals surface area contributed by atoms with Crippen LogP contribution in [0.15, 0.2) is 36.9 Å². The van der Waals surface area contributed by atoms with Crippen LogP contribution in [-0.2, 0) is 0 Å². The molecule has 4 nitrogen and oxygen atoms in total. The van der Waals surface area contributed by atoms with Crippen molar-refractivity contribution in [3.05, 3.63) is 47.0 Å². The van der Waals surface area contributed by atoms with E-state index in [1.807, 2.05) is 0 Å².